The van der Waals surface area contributed by atoms with E-state index in [0.717, 1.165) is 24.0 Å². The van der Waals surface area contributed by atoms with Crippen molar-refractivity contribution < 1.29 is 19.2 Å². The van der Waals surface area contributed by atoms with Crippen LogP contribution >= 0.6 is 0 Å². The Morgan fingerprint density at radius 3 is 2.50 bits per heavy atom. The van der Waals surface area contributed by atoms with Crippen molar-refractivity contribution in [2.75, 3.05) is 25.5 Å². The van der Waals surface area contributed by atoms with Crippen LogP contribution < -0.4 is 10.6 Å². The number of hydrogen-bond acceptors (Lipinski definition) is 6. The third kappa shape index (κ3) is 3.91. The van der Waals surface area contributed by atoms with Crippen molar-refractivity contribution in [2.45, 2.75) is 70.4 Å². The molecule has 1 aromatic carbocycles. The molecule has 3 fully saturated rings. The molecule has 5 rings (SSSR count). The van der Waals surface area contributed by atoms with Crippen LogP contribution in [-0.4, -0.2) is 65.6 Å². The van der Waals surface area contributed by atoms with Crippen molar-refractivity contribution in [3.8, 4) is 0 Å². The molecule has 1 unspecified atom stereocenters. The number of amides is 4. The van der Waals surface area contributed by atoms with Gasteiger partial charge in [0.2, 0.25) is 11.8 Å². The number of piperidine rings is 1. The fourth-order valence-corrected chi connectivity index (χ4v) is 6.55. The summed E-state index contributed by atoms with van der Waals surface area (Å²) in [7, 11) is 2.22. The predicted octanol–water partition coefficient (Wildman–Crippen LogP) is 2.79. The molecule has 8 heteroatoms. The van der Waals surface area contributed by atoms with Crippen LogP contribution in [0.25, 0.3) is 0 Å². The normalized spacial score (nSPS) is 31.0. The number of rotatable bonds is 6. The van der Waals surface area contributed by atoms with E-state index in [-0.39, 0.29) is 18.7 Å². The van der Waals surface area contributed by atoms with Crippen LogP contribution in [0.3, 0.4) is 0 Å². The fourth-order valence-electron chi connectivity index (χ4n) is 6.55. The van der Waals surface area contributed by atoms with Crippen LogP contribution in [0.4, 0.5) is 5.69 Å². The van der Waals surface area contributed by atoms with Crippen molar-refractivity contribution in [3.05, 3.63) is 29.3 Å². The molecule has 182 valence electrons. The lowest BCUT2D eigenvalue weighted by Gasteiger charge is -2.52. The van der Waals surface area contributed by atoms with E-state index >= 15 is 0 Å². The maximum absolute atomic E-state index is 13.2. The van der Waals surface area contributed by atoms with Gasteiger partial charge < -0.3 is 10.2 Å². The van der Waals surface area contributed by atoms with Gasteiger partial charge in [-0.1, -0.05) is 13.0 Å². The van der Waals surface area contributed by atoms with Crippen molar-refractivity contribution in [3.63, 3.8) is 0 Å². The molecule has 4 aliphatic rings. The summed E-state index contributed by atoms with van der Waals surface area (Å²) in [6.07, 6.45) is 7.87. The molecule has 0 bridgehead atoms. The molecule has 1 saturated heterocycles. The Bertz CT molecular complexity index is 1020. The van der Waals surface area contributed by atoms with E-state index in [2.05, 4.69) is 29.5 Å². The zero-order valence-corrected chi connectivity index (χ0v) is 20.1. The Kier molecular flexibility index (Phi) is 5.96. The summed E-state index contributed by atoms with van der Waals surface area (Å²) in [4.78, 5) is 53.5. The molecule has 2 saturated carbocycles. The fraction of sp³-hybridized carbons (Fsp3) is 0.615. The van der Waals surface area contributed by atoms with E-state index < -0.39 is 23.8 Å². The molecule has 2 aliphatic heterocycles. The van der Waals surface area contributed by atoms with Gasteiger partial charge in [0.05, 0.1) is 11.1 Å². The first kappa shape index (κ1) is 23.0. The standard InChI is InChI=1S/C26H34N4O4/c1-3-29(2)17-9-11-26(12-10-17)13-16(14-26)15-27-19-6-4-5-18-22(19)25(34)30(24(18)33)20-7-8-21(31)28-23(20)32/h4-6,16-17,20,27H,3,7-15H2,1-2H3,(H,28,31,32). The highest BCUT2D eigenvalue weighted by Crippen LogP contribution is 2.55. The highest BCUT2D eigenvalue weighted by molar-refractivity contribution is 6.25. The summed E-state index contributed by atoms with van der Waals surface area (Å²) in [6, 6.07) is 5.02. The summed E-state index contributed by atoms with van der Waals surface area (Å²) < 4.78 is 0. The lowest BCUT2D eigenvalue weighted by Crippen LogP contribution is -2.54. The van der Waals surface area contributed by atoms with E-state index in [0.29, 0.717) is 28.1 Å². The molecular formula is C26H34N4O4. The Hall–Kier alpha value is -2.74. The van der Waals surface area contributed by atoms with Gasteiger partial charge in [-0.2, -0.15) is 0 Å². The molecule has 1 aromatic rings. The zero-order chi connectivity index (χ0) is 24.0. The van der Waals surface area contributed by atoms with Crippen molar-refractivity contribution in [1.82, 2.24) is 15.1 Å². The minimum atomic E-state index is -0.939. The smallest absolute Gasteiger partial charge is 0.264 e. The summed E-state index contributed by atoms with van der Waals surface area (Å²) >= 11 is 0. The molecule has 1 atom stereocenters. The number of benzene rings is 1. The Morgan fingerprint density at radius 1 is 1.09 bits per heavy atom. The lowest BCUT2D eigenvalue weighted by molar-refractivity contribution is -0.136. The van der Waals surface area contributed by atoms with Gasteiger partial charge >= 0.3 is 0 Å². The second-order valence-corrected chi connectivity index (χ2v) is 10.6. The first-order chi connectivity index (χ1) is 16.3. The number of fused-ring (bicyclic) bond motifs is 1. The number of anilines is 1. The minimum Gasteiger partial charge on any atom is -0.384 e. The van der Waals surface area contributed by atoms with Crippen molar-refractivity contribution in [1.29, 1.82) is 0 Å². The zero-order valence-electron chi connectivity index (χ0n) is 20.1. The third-order valence-corrected chi connectivity index (χ3v) is 8.63. The topological polar surface area (TPSA) is 98.8 Å². The highest BCUT2D eigenvalue weighted by Gasteiger charge is 2.47. The van der Waals surface area contributed by atoms with Crippen LogP contribution in [-0.2, 0) is 9.59 Å². The first-order valence-electron chi connectivity index (χ1n) is 12.6. The van der Waals surface area contributed by atoms with Gasteiger partial charge in [0, 0.05) is 24.7 Å². The highest BCUT2D eigenvalue weighted by atomic mass is 16.2. The summed E-state index contributed by atoms with van der Waals surface area (Å²) in [5.41, 5.74) is 1.81. The van der Waals surface area contributed by atoms with Gasteiger partial charge in [0.15, 0.2) is 0 Å². The molecule has 1 spiro atoms. The summed E-state index contributed by atoms with van der Waals surface area (Å²) in [6.45, 7) is 4.10. The number of nitrogens with zero attached hydrogens (tertiary/aromatic N) is 2. The van der Waals surface area contributed by atoms with Gasteiger partial charge in [-0.25, -0.2) is 0 Å². The van der Waals surface area contributed by atoms with E-state index in [1.165, 1.54) is 38.5 Å². The first-order valence-corrected chi connectivity index (χ1v) is 12.6. The second-order valence-electron chi connectivity index (χ2n) is 10.6. The number of carbonyl (C=O) groups excluding carboxylic acids is 4. The Morgan fingerprint density at radius 2 is 1.82 bits per heavy atom. The number of hydrogen-bond donors (Lipinski definition) is 2. The van der Waals surface area contributed by atoms with Crippen LogP contribution in [0.15, 0.2) is 18.2 Å². The predicted molar refractivity (Wildman–Crippen MR) is 127 cm³/mol. The molecule has 34 heavy (non-hydrogen) atoms. The van der Waals surface area contributed by atoms with Crippen molar-refractivity contribution in [2.24, 2.45) is 11.3 Å². The average molecular weight is 467 g/mol. The molecular weight excluding hydrogens is 432 g/mol. The monoisotopic (exact) mass is 466 g/mol. The van der Waals surface area contributed by atoms with Crippen LogP contribution in [0.1, 0.15) is 79.0 Å². The van der Waals surface area contributed by atoms with E-state index in [4.69, 9.17) is 0 Å². The Balaban J connectivity index is 1.21. The SMILES string of the molecule is CCN(C)C1CCC2(CC1)CC(CNc1cccc3c1C(=O)N(C1CCC(=O)NC1=O)C3=O)C2. The average Bonchev–Trinajstić information content (AvgIpc) is 3.07. The second kappa shape index (κ2) is 8.80. The molecule has 2 N–H and O–H groups in total. The summed E-state index contributed by atoms with van der Waals surface area (Å²) in [5.74, 6) is -1.31. The summed E-state index contributed by atoms with van der Waals surface area (Å²) in [5, 5.41) is 5.68. The van der Waals surface area contributed by atoms with Gasteiger partial charge in [-0.3, -0.25) is 29.4 Å². The van der Waals surface area contributed by atoms with E-state index in [9.17, 15) is 19.2 Å². The van der Waals surface area contributed by atoms with Crippen LogP contribution in [0.5, 0.6) is 0 Å². The molecule has 8 nitrogen and oxygen atoms in total. The Labute approximate surface area is 200 Å². The quantitative estimate of drug-likeness (QED) is 0.626. The van der Waals surface area contributed by atoms with Crippen LogP contribution in [0.2, 0.25) is 0 Å². The number of imide groups is 2. The minimum absolute atomic E-state index is 0.119. The number of nitrogens with one attached hydrogen (secondary N) is 2. The molecule has 4 amide bonds. The molecule has 0 aromatic heterocycles. The largest absolute Gasteiger partial charge is 0.384 e. The maximum Gasteiger partial charge on any atom is 0.264 e. The molecule has 2 aliphatic carbocycles. The van der Waals surface area contributed by atoms with Gasteiger partial charge in [0.25, 0.3) is 11.8 Å². The van der Waals surface area contributed by atoms with Crippen LogP contribution in [0, 0.1) is 11.3 Å². The third-order valence-electron chi connectivity index (χ3n) is 8.63. The van der Waals surface area contributed by atoms with Gasteiger partial charge in [0.1, 0.15) is 6.04 Å². The van der Waals surface area contributed by atoms with E-state index in [1.54, 1.807) is 12.1 Å². The van der Waals surface area contributed by atoms with Gasteiger partial charge in [-0.05, 0) is 82.0 Å². The van der Waals surface area contributed by atoms with E-state index in [1.807, 2.05) is 6.07 Å². The lowest BCUT2D eigenvalue weighted by atomic mass is 9.55. The number of carbonyl (C=O) groups is 4. The molecule has 0 radical (unpaired) electrons. The van der Waals surface area contributed by atoms with Crippen molar-refractivity contribution >= 4 is 29.3 Å². The van der Waals surface area contributed by atoms with Gasteiger partial charge in [-0.15, -0.1) is 0 Å². The molecule has 2 heterocycles. The maximum atomic E-state index is 13.2.